The Balaban J connectivity index is 1.29. The highest BCUT2D eigenvalue weighted by Crippen LogP contribution is 2.65. The quantitative estimate of drug-likeness (QED) is 0.447. The highest BCUT2D eigenvalue weighted by Gasteiger charge is 2.55. The van der Waals surface area contributed by atoms with Gasteiger partial charge in [0.2, 0.25) is 0 Å². The van der Waals surface area contributed by atoms with Crippen molar-refractivity contribution in [2.24, 2.45) is 0 Å². The van der Waals surface area contributed by atoms with E-state index in [-0.39, 0.29) is 0 Å². The molecule has 0 aromatic rings. The predicted octanol–water partition coefficient (Wildman–Crippen LogP) is 7.60. The monoisotopic (exact) mass is 412 g/mol. The second-order valence-corrected chi connectivity index (χ2v) is 9.45. The maximum atomic E-state index is 2.33. The zero-order valence-corrected chi connectivity index (χ0v) is 19.3. The Bertz CT molecular complexity index is 870. The maximum Gasteiger partial charge on any atom is 0.0241 e. The van der Waals surface area contributed by atoms with Gasteiger partial charge in [0.1, 0.15) is 0 Å². The first-order chi connectivity index (χ1) is 15.6. The summed E-state index contributed by atoms with van der Waals surface area (Å²) in [6.45, 7) is 9.01. The average Bonchev–Trinajstić information content (AvgIpc) is 3.28. The molecule has 6 aliphatic carbocycles. The Morgan fingerprint density at radius 1 is 0.406 bits per heavy atom. The predicted molar refractivity (Wildman–Crippen MR) is 133 cm³/mol. The molecule has 0 bridgehead atoms. The van der Waals surface area contributed by atoms with E-state index in [0.717, 1.165) is 12.8 Å². The lowest BCUT2D eigenvalue weighted by Gasteiger charge is -2.28. The van der Waals surface area contributed by atoms with Crippen molar-refractivity contribution in [1.29, 1.82) is 0 Å². The molecule has 10 radical (unpaired) electrons. The third-order valence-electron chi connectivity index (χ3n) is 7.52. The first-order valence-corrected chi connectivity index (χ1v) is 11.7. The minimum atomic E-state index is 1.06. The van der Waals surface area contributed by atoms with Gasteiger partial charge < -0.3 is 0 Å². The molecule has 6 rings (SSSR count). The van der Waals surface area contributed by atoms with Crippen LogP contribution in [0.15, 0.2) is 95.2 Å². The number of allylic oxidation sites excluding steroid dienone is 16. The van der Waals surface area contributed by atoms with Gasteiger partial charge in [-0.2, -0.15) is 0 Å². The maximum absolute atomic E-state index is 2.33. The highest BCUT2D eigenvalue weighted by atomic mass is 14.6. The molecule has 0 spiro atoms. The molecule has 32 heavy (non-hydrogen) atoms. The van der Waals surface area contributed by atoms with Crippen molar-refractivity contribution in [2.75, 3.05) is 0 Å². The van der Waals surface area contributed by atoms with Gasteiger partial charge >= 0.3 is 0 Å². The Hall–Kier alpha value is -2.08. The van der Waals surface area contributed by atoms with Crippen molar-refractivity contribution in [1.82, 2.24) is 0 Å². The van der Waals surface area contributed by atoms with Crippen molar-refractivity contribution in [3.8, 4) is 0 Å². The summed E-state index contributed by atoms with van der Waals surface area (Å²) in [6.07, 6.45) is 29.3. The van der Waals surface area contributed by atoms with Crippen LogP contribution in [0.2, 0.25) is 0 Å². The summed E-state index contributed by atoms with van der Waals surface area (Å²) in [5.41, 5.74) is 5.51. The normalized spacial score (nSPS) is 28.5. The molecule has 0 aliphatic heterocycles. The summed E-state index contributed by atoms with van der Waals surface area (Å²) in [7, 11) is 0. The van der Waals surface area contributed by atoms with Crippen molar-refractivity contribution in [2.45, 2.75) is 40.5 Å². The van der Waals surface area contributed by atoms with Crippen molar-refractivity contribution < 1.29 is 0 Å². The van der Waals surface area contributed by atoms with Crippen LogP contribution >= 0.6 is 0 Å². The minimum Gasteiger partial charge on any atom is -0.0758 e. The first kappa shape index (κ1) is 20.5. The number of hydrogen-bond donors (Lipinski definition) is 0. The molecule has 2 fully saturated rings. The number of fused-ring (bicyclic) bond motifs is 6. The van der Waals surface area contributed by atoms with Gasteiger partial charge in [-0.3, -0.25) is 0 Å². The van der Waals surface area contributed by atoms with Gasteiger partial charge in [-0.1, -0.05) is 95.2 Å². The molecule has 0 amide bonds. The molecule has 156 valence electrons. The standard InChI is InChI=1S/C32H28/c1-19-9-5-13-25-23(26-14-6-10-20(2)30(26)29(19)25)17-18-24-27-15-7-11-21(3)31(27)32-22(4)12-8-16-28(24)32/h5-16H,17-18H2,1-4H3. The molecule has 0 atom stereocenters. The van der Waals surface area contributed by atoms with Gasteiger partial charge in [-0.25, -0.2) is 0 Å². The van der Waals surface area contributed by atoms with Crippen LogP contribution < -0.4 is 0 Å². The molecule has 0 nitrogen and oxygen atoms in total. The van der Waals surface area contributed by atoms with Crippen LogP contribution in [-0.2, 0) is 0 Å². The van der Waals surface area contributed by atoms with E-state index in [9.17, 15) is 0 Å². The average molecular weight is 413 g/mol. The van der Waals surface area contributed by atoms with Crippen LogP contribution in [0.5, 0.6) is 0 Å². The fourth-order valence-corrected chi connectivity index (χ4v) is 6.08. The SMILES string of the molecule is CC1=CC=C[C]2[C](CC[C]3[C]4C=CC=C(C)[C]4[C]4[C]3C=CC=C4C)[C]3C=CC=C(C)[C]3[C]21. The summed E-state index contributed by atoms with van der Waals surface area (Å²) in [6, 6.07) is 0. The fourth-order valence-electron chi connectivity index (χ4n) is 6.08. The first-order valence-electron chi connectivity index (χ1n) is 11.7. The van der Waals surface area contributed by atoms with Gasteiger partial charge in [0.05, 0.1) is 0 Å². The Kier molecular flexibility index (Phi) is 4.97. The van der Waals surface area contributed by atoms with Crippen LogP contribution in [-0.4, -0.2) is 0 Å². The van der Waals surface area contributed by atoms with Gasteiger partial charge in [0.15, 0.2) is 0 Å². The topological polar surface area (TPSA) is 0 Å². The molecule has 6 aliphatic rings. The fraction of sp³-hybridized carbons (Fsp3) is 0.188. The molecule has 0 saturated heterocycles. The second kappa shape index (κ2) is 7.75. The minimum absolute atomic E-state index is 1.06. The van der Waals surface area contributed by atoms with Gasteiger partial charge in [-0.15, -0.1) is 0 Å². The van der Waals surface area contributed by atoms with Gasteiger partial charge in [0.25, 0.3) is 0 Å². The van der Waals surface area contributed by atoms with E-state index in [1.165, 1.54) is 81.5 Å². The van der Waals surface area contributed by atoms with E-state index in [4.69, 9.17) is 0 Å². The zero-order chi connectivity index (χ0) is 22.0. The van der Waals surface area contributed by atoms with E-state index in [1.54, 1.807) is 0 Å². The second-order valence-electron chi connectivity index (χ2n) is 9.45. The zero-order valence-electron chi connectivity index (χ0n) is 19.3. The van der Waals surface area contributed by atoms with Gasteiger partial charge in [0, 0.05) is 47.3 Å². The largest absolute Gasteiger partial charge is 0.0758 e. The summed E-state index contributed by atoms with van der Waals surface area (Å²) in [4.78, 5) is 0. The Morgan fingerprint density at radius 3 is 0.906 bits per heavy atom. The Labute approximate surface area is 195 Å². The van der Waals surface area contributed by atoms with E-state index < -0.39 is 0 Å². The molecule has 0 heteroatoms. The van der Waals surface area contributed by atoms with Crippen molar-refractivity contribution >= 4 is 0 Å². The third kappa shape index (κ3) is 2.94. The lowest BCUT2D eigenvalue weighted by Crippen LogP contribution is -2.16. The lowest BCUT2D eigenvalue weighted by molar-refractivity contribution is 0.758. The van der Waals surface area contributed by atoms with E-state index >= 15 is 0 Å². The molecule has 0 heterocycles. The Morgan fingerprint density at radius 2 is 0.656 bits per heavy atom. The third-order valence-corrected chi connectivity index (χ3v) is 7.52. The van der Waals surface area contributed by atoms with Crippen LogP contribution in [0.1, 0.15) is 40.5 Å². The molecule has 0 N–H and O–H groups in total. The molecular weight excluding hydrogens is 384 g/mol. The van der Waals surface area contributed by atoms with E-state index in [0.29, 0.717) is 0 Å². The molecule has 0 aromatic carbocycles. The number of hydrogen-bond acceptors (Lipinski definition) is 0. The molecule has 0 unspecified atom stereocenters. The molecule has 2 saturated carbocycles. The smallest absolute Gasteiger partial charge is 0.0241 e. The van der Waals surface area contributed by atoms with Crippen molar-refractivity contribution in [3.05, 3.63) is 154 Å². The highest BCUT2D eigenvalue weighted by molar-refractivity contribution is 5.82. The number of rotatable bonds is 3. The summed E-state index contributed by atoms with van der Waals surface area (Å²) < 4.78 is 0. The summed E-state index contributed by atoms with van der Waals surface area (Å²) in [5.74, 6) is 14.5. The van der Waals surface area contributed by atoms with Crippen molar-refractivity contribution in [3.63, 3.8) is 0 Å². The summed E-state index contributed by atoms with van der Waals surface area (Å²) in [5, 5.41) is 0. The van der Waals surface area contributed by atoms with Crippen LogP contribution in [0, 0.1) is 59.2 Å². The van der Waals surface area contributed by atoms with Gasteiger partial charge in [-0.05, 0) is 52.4 Å². The van der Waals surface area contributed by atoms with Crippen LogP contribution in [0.3, 0.4) is 0 Å². The molecular formula is C32H28. The molecule has 0 aromatic heterocycles. The lowest BCUT2D eigenvalue weighted by atomic mass is 9.74. The van der Waals surface area contributed by atoms with Crippen LogP contribution in [0.4, 0.5) is 0 Å². The van der Waals surface area contributed by atoms with E-state index in [2.05, 4.69) is 101 Å². The summed E-state index contributed by atoms with van der Waals surface area (Å²) >= 11 is 0. The van der Waals surface area contributed by atoms with E-state index in [1.807, 2.05) is 0 Å². The van der Waals surface area contributed by atoms with Crippen LogP contribution in [0.25, 0.3) is 0 Å².